The van der Waals surface area contributed by atoms with Gasteiger partial charge in [0.05, 0.1) is 6.10 Å². The minimum absolute atomic E-state index is 0.00564. The number of fused-ring (bicyclic) bond motifs is 3. The van der Waals surface area contributed by atoms with Gasteiger partial charge in [0.25, 0.3) is 0 Å². The van der Waals surface area contributed by atoms with E-state index in [0.29, 0.717) is 0 Å². The zero-order chi connectivity index (χ0) is 24.5. The SMILES string of the molecule is CC(C)(CNC(=O)OCC1c2ccccc2-c2ccccc21)CC(=O)N1C[C@H](O)C[C@@H]1C(=O)O. The number of likely N-dealkylation sites (tertiary alicyclic amines) is 1. The van der Waals surface area contributed by atoms with E-state index >= 15 is 0 Å². The molecule has 1 fully saturated rings. The van der Waals surface area contributed by atoms with E-state index in [4.69, 9.17) is 4.74 Å². The quantitative estimate of drug-likeness (QED) is 0.578. The van der Waals surface area contributed by atoms with Crippen LogP contribution in [0, 0.1) is 5.41 Å². The largest absolute Gasteiger partial charge is 0.480 e. The van der Waals surface area contributed by atoms with Crippen molar-refractivity contribution in [3.63, 3.8) is 0 Å². The van der Waals surface area contributed by atoms with Gasteiger partial charge in [-0.05, 0) is 27.7 Å². The number of hydrogen-bond acceptors (Lipinski definition) is 5. The summed E-state index contributed by atoms with van der Waals surface area (Å²) in [5, 5.41) is 21.8. The van der Waals surface area contributed by atoms with Gasteiger partial charge in [-0.15, -0.1) is 0 Å². The van der Waals surface area contributed by atoms with Crippen LogP contribution in [0.5, 0.6) is 0 Å². The number of β-amino-alcohol motifs (C(OH)–C–C–N with tert-alkyl or cyclic N) is 1. The molecule has 2 aliphatic rings. The third-order valence-corrected chi connectivity index (χ3v) is 6.57. The lowest BCUT2D eigenvalue weighted by molar-refractivity contribution is -0.149. The molecule has 0 unspecified atom stereocenters. The number of amides is 2. The highest BCUT2D eigenvalue weighted by molar-refractivity contribution is 5.85. The number of rotatable bonds is 7. The Morgan fingerprint density at radius 2 is 1.65 bits per heavy atom. The molecule has 1 aliphatic heterocycles. The topological polar surface area (TPSA) is 116 Å². The number of alkyl carbamates (subject to hydrolysis) is 1. The summed E-state index contributed by atoms with van der Waals surface area (Å²) in [4.78, 5) is 37.8. The molecule has 1 aliphatic carbocycles. The molecule has 2 aromatic carbocycles. The van der Waals surface area contributed by atoms with Gasteiger partial charge < -0.3 is 25.2 Å². The van der Waals surface area contributed by atoms with Crippen LogP contribution in [0.15, 0.2) is 48.5 Å². The van der Waals surface area contributed by atoms with E-state index in [0.717, 1.165) is 22.3 Å². The van der Waals surface area contributed by atoms with Gasteiger partial charge in [-0.1, -0.05) is 62.4 Å². The Hall–Kier alpha value is -3.39. The Labute approximate surface area is 198 Å². The molecule has 0 aromatic heterocycles. The van der Waals surface area contributed by atoms with E-state index in [9.17, 15) is 24.6 Å². The van der Waals surface area contributed by atoms with Crippen molar-refractivity contribution >= 4 is 18.0 Å². The molecule has 180 valence electrons. The third-order valence-electron chi connectivity index (χ3n) is 6.57. The van der Waals surface area contributed by atoms with Crippen molar-refractivity contribution < 1.29 is 29.3 Å². The summed E-state index contributed by atoms with van der Waals surface area (Å²) < 4.78 is 5.55. The van der Waals surface area contributed by atoms with Crippen LogP contribution < -0.4 is 5.32 Å². The molecule has 0 bridgehead atoms. The highest BCUT2D eigenvalue weighted by Crippen LogP contribution is 2.44. The molecule has 2 aromatic rings. The van der Waals surface area contributed by atoms with Crippen molar-refractivity contribution in [3.8, 4) is 11.1 Å². The van der Waals surface area contributed by atoms with Crippen molar-refractivity contribution in [2.24, 2.45) is 5.41 Å². The normalized spacial score (nSPS) is 19.4. The number of hydrogen-bond donors (Lipinski definition) is 3. The first kappa shape index (κ1) is 23.8. The third kappa shape index (κ3) is 4.92. The minimum atomic E-state index is -1.13. The van der Waals surface area contributed by atoms with E-state index in [2.05, 4.69) is 29.6 Å². The zero-order valence-electron chi connectivity index (χ0n) is 19.4. The maximum atomic E-state index is 12.7. The Bertz CT molecular complexity index is 1050. The molecule has 2 atom stereocenters. The fraction of sp³-hybridized carbons (Fsp3) is 0.423. The molecule has 0 spiro atoms. The predicted octanol–water partition coefficient (Wildman–Crippen LogP) is 2.99. The summed E-state index contributed by atoms with van der Waals surface area (Å²) in [6.07, 6.45) is -1.35. The van der Waals surface area contributed by atoms with Crippen molar-refractivity contribution in [1.29, 1.82) is 0 Å². The lowest BCUT2D eigenvalue weighted by Crippen LogP contribution is -2.44. The summed E-state index contributed by atoms with van der Waals surface area (Å²) >= 11 is 0. The Morgan fingerprint density at radius 3 is 2.24 bits per heavy atom. The Morgan fingerprint density at radius 1 is 1.06 bits per heavy atom. The van der Waals surface area contributed by atoms with Crippen LogP contribution in [0.3, 0.4) is 0 Å². The summed E-state index contributed by atoms with van der Waals surface area (Å²) in [6, 6.07) is 15.2. The smallest absolute Gasteiger partial charge is 0.407 e. The number of aliphatic carboxylic acids is 1. The number of benzene rings is 2. The average Bonchev–Trinajstić information content (AvgIpc) is 3.35. The molecule has 0 radical (unpaired) electrons. The summed E-state index contributed by atoms with van der Waals surface area (Å²) in [6.45, 7) is 4.02. The number of aliphatic hydroxyl groups excluding tert-OH is 1. The lowest BCUT2D eigenvalue weighted by Gasteiger charge is -2.28. The average molecular weight is 467 g/mol. The van der Waals surface area contributed by atoms with Gasteiger partial charge in [-0.2, -0.15) is 0 Å². The molecular weight excluding hydrogens is 436 g/mol. The van der Waals surface area contributed by atoms with Crippen molar-refractivity contribution in [2.75, 3.05) is 19.7 Å². The number of nitrogens with zero attached hydrogens (tertiary/aromatic N) is 1. The number of aliphatic hydroxyl groups is 1. The second kappa shape index (κ2) is 9.46. The number of ether oxygens (including phenoxy) is 1. The van der Waals surface area contributed by atoms with Crippen LogP contribution in [0.4, 0.5) is 4.79 Å². The van der Waals surface area contributed by atoms with Crippen LogP contribution in [0.2, 0.25) is 0 Å². The molecule has 3 N–H and O–H groups in total. The molecule has 8 heteroatoms. The second-order valence-corrected chi connectivity index (χ2v) is 9.81. The van der Waals surface area contributed by atoms with E-state index in [1.165, 1.54) is 4.90 Å². The van der Waals surface area contributed by atoms with Crippen LogP contribution in [0.1, 0.15) is 43.7 Å². The van der Waals surface area contributed by atoms with E-state index in [-0.39, 0.29) is 44.4 Å². The minimum Gasteiger partial charge on any atom is -0.480 e. The van der Waals surface area contributed by atoms with Gasteiger partial charge in [0.15, 0.2) is 0 Å². The van der Waals surface area contributed by atoms with Crippen molar-refractivity contribution in [1.82, 2.24) is 10.2 Å². The van der Waals surface area contributed by atoms with Gasteiger partial charge in [0.2, 0.25) is 5.91 Å². The standard InChI is InChI=1S/C26H30N2O6/c1-26(2,12-23(30)28-13-16(29)11-22(28)24(31)32)15-27-25(33)34-14-21-19-9-5-3-7-17(19)18-8-4-6-10-20(18)21/h3-10,16,21-22,29H,11-15H2,1-2H3,(H,27,33)(H,31,32)/t16-,22-/m1/s1. The summed E-state index contributed by atoms with van der Waals surface area (Å²) in [5.74, 6) is -1.52. The molecule has 8 nitrogen and oxygen atoms in total. The second-order valence-electron chi connectivity index (χ2n) is 9.81. The van der Waals surface area contributed by atoms with Gasteiger partial charge in [0.1, 0.15) is 12.6 Å². The van der Waals surface area contributed by atoms with Crippen molar-refractivity contribution in [3.05, 3.63) is 59.7 Å². The fourth-order valence-corrected chi connectivity index (χ4v) is 4.86. The highest BCUT2D eigenvalue weighted by atomic mass is 16.5. The molecule has 1 saturated heterocycles. The van der Waals surface area contributed by atoms with Gasteiger partial charge in [0, 0.05) is 31.8 Å². The first-order valence-corrected chi connectivity index (χ1v) is 11.5. The molecule has 4 rings (SSSR count). The molecule has 1 heterocycles. The van der Waals surface area contributed by atoms with Gasteiger partial charge in [-0.3, -0.25) is 4.79 Å². The summed E-state index contributed by atoms with van der Waals surface area (Å²) in [5.41, 5.74) is 3.93. The Balaban J connectivity index is 1.31. The molecule has 2 amide bonds. The predicted molar refractivity (Wildman–Crippen MR) is 125 cm³/mol. The lowest BCUT2D eigenvalue weighted by atomic mass is 9.88. The highest BCUT2D eigenvalue weighted by Gasteiger charge is 2.40. The maximum Gasteiger partial charge on any atom is 0.407 e. The first-order chi connectivity index (χ1) is 16.2. The fourth-order valence-electron chi connectivity index (χ4n) is 4.86. The number of carbonyl (C=O) groups is 3. The maximum absolute atomic E-state index is 12.7. The van der Waals surface area contributed by atoms with Crippen molar-refractivity contribution in [2.45, 2.75) is 44.8 Å². The Kier molecular flexibility index (Phi) is 6.61. The molecule has 34 heavy (non-hydrogen) atoms. The van der Waals surface area contributed by atoms with Crippen LogP contribution in [-0.2, 0) is 14.3 Å². The monoisotopic (exact) mass is 466 g/mol. The number of nitrogens with one attached hydrogen (secondary N) is 1. The number of carboxylic acid groups (broad SMARTS) is 1. The van der Waals surface area contributed by atoms with Crippen LogP contribution in [0.25, 0.3) is 11.1 Å². The van der Waals surface area contributed by atoms with E-state index in [1.807, 2.05) is 38.1 Å². The molecule has 0 saturated carbocycles. The van der Waals surface area contributed by atoms with Gasteiger partial charge in [-0.25, -0.2) is 9.59 Å². The summed E-state index contributed by atoms with van der Waals surface area (Å²) in [7, 11) is 0. The van der Waals surface area contributed by atoms with E-state index < -0.39 is 29.6 Å². The van der Waals surface area contributed by atoms with Crippen LogP contribution >= 0.6 is 0 Å². The van der Waals surface area contributed by atoms with Crippen LogP contribution in [-0.4, -0.2) is 64.9 Å². The number of carbonyl (C=O) groups excluding carboxylic acids is 2. The zero-order valence-corrected chi connectivity index (χ0v) is 19.4. The van der Waals surface area contributed by atoms with Gasteiger partial charge >= 0.3 is 12.1 Å². The molecular formula is C26H30N2O6. The first-order valence-electron chi connectivity index (χ1n) is 11.5. The van der Waals surface area contributed by atoms with E-state index in [1.54, 1.807) is 0 Å². The number of carboxylic acids is 1.